The lowest BCUT2D eigenvalue weighted by Gasteiger charge is -2.42. The van der Waals surface area contributed by atoms with Gasteiger partial charge in [-0.05, 0) is 25.0 Å². The Labute approximate surface area is 130 Å². The van der Waals surface area contributed by atoms with Crippen molar-refractivity contribution >= 4 is 28.3 Å². The topological polar surface area (TPSA) is 19.4 Å². The molecule has 1 saturated heterocycles. The zero-order valence-corrected chi connectivity index (χ0v) is 13.3. The minimum Gasteiger partial charge on any atom is -0.339 e. The van der Waals surface area contributed by atoms with Crippen molar-refractivity contribution in [2.24, 2.45) is 0 Å². The predicted octanol–water partition coefficient (Wildman–Crippen LogP) is 3.47. The van der Waals surface area contributed by atoms with Crippen molar-refractivity contribution in [1.29, 1.82) is 0 Å². The average Bonchev–Trinajstić information content (AvgIpc) is 2.51. The van der Waals surface area contributed by atoms with Crippen molar-refractivity contribution in [3.63, 3.8) is 0 Å². The van der Waals surface area contributed by atoms with Gasteiger partial charge in [0.05, 0.1) is 24.8 Å². The molecule has 20 heavy (non-hydrogen) atoms. The Hall–Kier alpha value is -0.650. The molecule has 0 radical (unpaired) electrons. The summed E-state index contributed by atoms with van der Waals surface area (Å²) in [5.41, 5.74) is 1.10. The molecule has 1 aromatic rings. The molecule has 0 aromatic carbocycles. The SMILES string of the molecule is S=C1SCN(C2CCCCC2)CN1Cc1ccccn1. The largest absolute Gasteiger partial charge is 0.339 e. The van der Waals surface area contributed by atoms with Gasteiger partial charge in [-0.25, -0.2) is 0 Å². The molecule has 0 atom stereocenters. The Morgan fingerprint density at radius 3 is 2.85 bits per heavy atom. The second-order valence-electron chi connectivity index (χ2n) is 5.58. The van der Waals surface area contributed by atoms with Crippen LogP contribution in [-0.2, 0) is 6.54 Å². The Kier molecular flexibility index (Phi) is 4.91. The molecular weight excluding hydrogens is 286 g/mol. The Morgan fingerprint density at radius 2 is 2.10 bits per heavy atom. The summed E-state index contributed by atoms with van der Waals surface area (Å²) in [5.74, 6) is 1.06. The first-order valence-corrected chi connectivity index (χ1v) is 8.78. The van der Waals surface area contributed by atoms with E-state index in [1.807, 2.05) is 18.3 Å². The number of aromatic nitrogens is 1. The van der Waals surface area contributed by atoms with Crippen LogP contribution in [0.3, 0.4) is 0 Å². The second-order valence-corrected chi connectivity index (χ2v) is 7.16. The number of pyridine rings is 1. The molecule has 5 heteroatoms. The summed E-state index contributed by atoms with van der Waals surface area (Å²) < 4.78 is 1.02. The third-order valence-electron chi connectivity index (χ3n) is 4.13. The predicted molar refractivity (Wildman–Crippen MR) is 88.4 cm³/mol. The summed E-state index contributed by atoms with van der Waals surface area (Å²) in [4.78, 5) is 9.31. The molecule has 1 aliphatic heterocycles. The van der Waals surface area contributed by atoms with Crippen molar-refractivity contribution in [2.75, 3.05) is 12.5 Å². The molecule has 3 rings (SSSR count). The number of rotatable bonds is 3. The fraction of sp³-hybridized carbons (Fsp3) is 0.600. The summed E-state index contributed by atoms with van der Waals surface area (Å²) in [6, 6.07) is 6.83. The van der Waals surface area contributed by atoms with E-state index in [0.29, 0.717) is 0 Å². The normalized spacial score (nSPS) is 22.2. The van der Waals surface area contributed by atoms with Gasteiger partial charge in [0.2, 0.25) is 0 Å². The lowest BCUT2D eigenvalue weighted by Crippen LogP contribution is -2.49. The van der Waals surface area contributed by atoms with E-state index in [9.17, 15) is 0 Å². The number of thiocarbonyl (C=S) groups is 1. The first-order chi connectivity index (χ1) is 9.83. The highest BCUT2D eigenvalue weighted by atomic mass is 32.2. The monoisotopic (exact) mass is 307 g/mol. The molecule has 2 fully saturated rings. The lowest BCUT2D eigenvalue weighted by molar-refractivity contribution is 0.124. The van der Waals surface area contributed by atoms with Gasteiger partial charge in [0, 0.05) is 12.2 Å². The number of hydrogen-bond acceptors (Lipinski definition) is 4. The lowest BCUT2D eigenvalue weighted by atomic mass is 9.95. The fourth-order valence-electron chi connectivity index (χ4n) is 3.02. The van der Waals surface area contributed by atoms with Crippen LogP contribution < -0.4 is 0 Å². The molecule has 0 amide bonds. The van der Waals surface area contributed by atoms with Crippen LogP contribution in [0.25, 0.3) is 0 Å². The molecule has 0 N–H and O–H groups in total. The van der Waals surface area contributed by atoms with Crippen molar-refractivity contribution in [2.45, 2.75) is 44.7 Å². The third kappa shape index (κ3) is 3.51. The van der Waals surface area contributed by atoms with Gasteiger partial charge >= 0.3 is 0 Å². The maximum absolute atomic E-state index is 5.52. The smallest absolute Gasteiger partial charge is 0.139 e. The van der Waals surface area contributed by atoms with E-state index in [1.165, 1.54) is 32.1 Å². The number of hydrogen-bond donors (Lipinski definition) is 0. The van der Waals surface area contributed by atoms with E-state index in [2.05, 4.69) is 20.9 Å². The number of nitrogens with zero attached hydrogens (tertiary/aromatic N) is 3. The van der Waals surface area contributed by atoms with Crippen LogP contribution in [-0.4, -0.2) is 37.7 Å². The van der Waals surface area contributed by atoms with E-state index >= 15 is 0 Å². The van der Waals surface area contributed by atoms with Crippen LogP contribution in [0.2, 0.25) is 0 Å². The quantitative estimate of drug-likeness (QED) is 0.794. The van der Waals surface area contributed by atoms with E-state index < -0.39 is 0 Å². The highest BCUT2D eigenvalue weighted by molar-refractivity contribution is 8.22. The molecule has 108 valence electrons. The van der Waals surface area contributed by atoms with Crippen molar-refractivity contribution in [1.82, 2.24) is 14.8 Å². The Bertz CT molecular complexity index is 446. The molecule has 0 bridgehead atoms. The average molecular weight is 307 g/mol. The Morgan fingerprint density at radius 1 is 1.25 bits per heavy atom. The van der Waals surface area contributed by atoms with Crippen LogP contribution in [0.15, 0.2) is 24.4 Å². The zero-order valence-electron chi connectivity index (χ0n) is 11.7. The molecule has 3 nitrogen and oxygen atoms in total. The van der Waals surface area contributed by atoms with Crippen molar-refractivity contribution in [3.8, 4) is 0 Å². The van der Waals surface area contributed by atoms with E-state index in [0.717, 1.165) is 35.1 Å². The van der Waals surface area contributed by atoms with E-state index in [1.54, 1.807) is 11.8 Å². The molecular formula is C15H21N3S2. The van der Waals surface area contributed by atoms with Gasteiger partial charge in [-0.1, -0.05) is 49.3 Å². The molecule has 2 heterocycles. The first kappa shape index (κ1) is 14.3. The first-order valence-electron chi connectivity index (χ1n) is 7.38. The Balaban J connectivity index is 1.62. The summed E-state index contributed by atoms with van der Waals surface area (Å²) in [5, 5.41) is 0. The summed E-state index contributed by atoms with van der Waals surface area (Å²) in [6.45, 7) is 1.79. The molecule has 0 unspecified atom stereocenters. The standard InChI is InChI=1S/C15H21N3S2/c19-15-17(10-13-6-4-5-9-16-13)11-18(12-20-15)14-7-2-1-3-8-14/h4-6,9,14H,1-3,7-8,10-12H2. The van der Waals surface area contributed by atoms with Gasteiger partial charge < -0.3 is 4.90 Å². The van der Waals surface area contributed by atoms with Crippen LogP contribution in [0.4, 0.5) is 0 Å². The highest BCUT2D eigenvalue weighted by Gasteiger charge is 2.28. The van der Waals surface area contributed by atoms with Crippen LogP contribution >= 0.6 is 24.0 Å². The summed E-state index contributed by atoms with van der Waals surface area (Å²) in [7, 11) is 0. The van der Waals surface area contributed by atoms with Crippen LogP contribution in [0.5, 0.6) is 0 Å². The van der Waals surface area contributed by atoms with Gasteiger partial charge in [-0.3, -0.25) is 9.88 Å². The van der Waals surface area contributed by atoms with Gasteiger partial charge in [0.15, 0.2) is 0 Å². The minimum atomic E-state index is 0.755. The van der Waals surface area contributed by atoms with E-state index in [4.69, 9.17) is 12.2 Å². The molecule has 1 aliphatic carbocycles. The van der Waals surface area contributed by atoms with Crippen molar-refractivity contribution < 1.29 is 0 Å². The van der Waals surface area contributed by atoms with Gasteiger partial charge in [0.25, 0.3) is 0 Å². The molecule has 0 spiro atoms. The molecule has 2 aliphatic rings. The summed E-state index contributed by atoms with van der Waals surface area (Å²) >= 11 is 7.32. The maximum Gasteiger partial charge on any atom is 0.139 e. The molecule has 1 saturated carbocycles. The van der Waals surface area contributed by atoms with Crippen LogP contribution in [0.1, 0.15) is 37.8 Å². The summed E-state index contributed by atoms with van der Waals surface area (Å²) in [6.07, 6.45) is 8.74. The molecule has 1 aromatic heterocycles. The van der Waals surface area contributed by atoms with E-state index in [-0.39, 0.29) is 0 Å². The second kappa shape index (κ2) is 6.87. The van der Waals surface area contributed by atoms with Gasteiger partial charge in [0.1, 0.15) is 4.32 Å². The fourth-order valence-corrected chi connectivity index (χ4v) is 4.17. The zero-order chi connectivity index (χ0) is 13.8. The number of thioether (sulfide) groups is 1. The van der Waals surface area contributed by atoms with Gasteiger partial charge in [-0.15, -0.1) is 0 Å². The minimum absolute atomic E-state index is 0.755. The highest BCUT2D eigenvalue weighted by Crippen LogP contribution is 2.28. The maximum atomic E-state index is 5.52. The van der Waals surface area contributed by atoms with Crippen molar-refractivity contribution in [3.05, 3.63) is 30.1 Å². The van der Waals surface area contributed by atoms with Gasteiger partial charge in [-0.2, -0.15) is 0 Å². The van der Waals surface area contributed by atoms with Crippen LogP contribution in [0, 0.1) is 0 Å². The third-order valence-corrected chi connectivity index (χ3v) is 5.71.